The number of halogens is 3. The molecule has 0 aliphatic carbocycles. The monoisotopic (exact) mass is 321 g/mol. The Balaban J connectivity index is 2.80. The molecule has 2 atom stereocenters. The van der Waals surface area contributed by atoms with E-state index in [0.717, 1.165) is 0 Å². The number of hydrogen-bond donors (Lipinski definition) is 1. The molecule has 0 aromatic heterocycles. The number of alkyl halides is 1. The second kappa shape index (κ2) is 6.36. The summed E-state index contributed by atoms with van der Waals surface area (Å²) in [6.45, 7) is 3.77. The lowest BCUT2D eigenvalue weighted by molar-refractivity contribution is 0.0926. The van der Waals surface area contributed by atoms with E-state index in [2.05, 4.69) is 21.2 Å². The minimum Gasteiger partial charge on any atom is -0.349 e. The van der Waals surface area contributed by atoms with Gasteiger partial charge in [-0.2, -0.15) is 0 Å². The molecule has 1 rings (SSSR count). The maximum absolute atomic E-state index is 13.7. The van der Waals surface area contributed by atoms with Crippen molar-refractivity contribution < 1.29 is 9.18 Å². The van der Waals surface area contributed by atoms with Gasteiger partial charge in [0.25, 0.3) is 5.91 Å². The Morgan fingerprint density at radius 1 is 1.53 bits per heavy atom. The molecule has 5 heteroatoms. The maximum Gasteiger partial charge on any atom is 0.254 e. The quantitative estimate of drug-likeness (QED) is 0.844. The third-order valence-electron chi connectivity index (χ3n) is 2.65. The van der Waals surface area contributed by atoms with Crippen molar-refractivity contribution in [2.45, 2.75) is 19.9 Å². The Morgan fingerprint density at radius 2 is 2.18 bits per heavy atom. The molecule has 1 aromatic carbocycles. The van der Waals surface area contributed by atoms with Gasteiger partial charge in [0, 0.05) is 11.9 Å². The Bertz CT molecular complexity index is 413. The second-order valence-corrected chi connectivity index (χ2v) is 5.16. The van der Waals surface area contributed by atoms with Gasteiger partial charge in [0.15, 0.2) is 0 Å². The normalized spacial score (nSPS) is 14.2. The van der Waals surface area contributed by atoms with Crippen LogP contribution in [0.25, 0.3) is 0 Å². The summed E-state index contributed by atoms with van der Waals surface area (Å²) < 4.78 is 13.9. The number of amides is 1. The Morgan fingerprint density at radius 3 is 2.76 bits per heavy atom. The van der Waals surface area contributed by atoms with Gasteiger partial charge >= 0.3 is 0 Å². The number of hydrogen-bond acceptors (Lipinski definition) is 1. The molecule has 0 saturated carbocycles. The summed E-state index contributed by atoms with van der Waals surface area (Å²) in [5.74, 6) is -0.387. The molecule has 0 heterocycles. The lowest BCUT2D eigenvalue weighted by Crippen LogP contribution is -2.38. The number of nitrogens with one attached hydrogen (secondary N) is 1. The summed E-state index contributed by atoms with van der Waals surface area (Å²) in [6, 6.07) is 4.53. The Kier molecular flexibility index (Phi) is 5.40. The van der Waals surface area contributed by atoms with E-state index in [9.17, 15) is 9.18 Å². The zero-order chi connectivity index (χ0) is 13.0. The van der Waals surface area contributed by atoms with Gasteiger partial charge in [0.2, 0.25) is 0 Å². The van der Waals surface area contributed by atoms with Gasteiger partial charge in [0.1, 0.15) is 5.82 Å². The van der Waals surface area contributed by atoms with Gasteiger partial charge in [-0.1, -0.05) is 13.0 Å². The summed E-state index contributed by atoms with van der Waals surface area (Å²) in [6.07, 6.45) is 0. The second-order valence-electron chi connectivity index (χ2n) is 4.00. The van der Waals surface area contributed by atoms with Crippen LogP contribution in [0.1, 0.15) is 24.2 Å². The first-order chi connectivity index (χ1) is 7.97. The highest BCUT2D eigenvalue weighted by Crippen LogP contribution is 2.18. The highest BCUT2D eigenvalue weighted by atomic mass is 79.9. The predicted octanol–water partition coefficient (Wildman–Crippen LogP) is 3.58. The molecular weight excluding hydrogens is 308 g/mol. The molecule has 1 amide bonds. The highest BCUT2D eigenvalue weighted by molar-refractivity contribution is 9.10. The summed E-state index contributed by atoms with van der Waals surface area (Å²) in [5.41, 5.74) is 0.0352. The number of carbonyl (C=O) groups is 1. The molecule has 0 bridgehead atoms. The van der Waals surface area contributed by atoms with E-state index in [1.54, 1.807) is 12.1 Å². The molecule has 17 heavy (non-hydrogen) atoms. The van der Waals surface area contributed by atoms with Crippen molar-refractivity contribution in [3.8, 4) is 0 Å². The lowest BCUT2D eigenvalue weighted by atomic mass is 10.1. The summed E-state index contributed by atoms with van der Waals surface area (Å²) >= 11 is 8.75. The Hall–Kier alpha value is -0.610. The fourth-order valence-corrected chi connectivity index (χ4v) is 1.87. The maximum atomic E-state index is 13.7. The first kappa shape index (κ1) is 14.5. The zero-order valence-corrected chi connectivity index (χ0v) is 12.0. The van der Waals surface area contributed by atoms with Crippen molar-refractivity contribution in [2.75, 3.05) is 5.88 Å². The molecule has 2 nitrogen and oxygen atoms in total. The molecule has 2 unspecified atom stereocenters. The standard InChI is InChI=1S/C12H14BrClFNO/c1-7(6-14)8(2)16-12(17)9-4-3-5-10(13)11(9)15/h3-5,7-8H,6H2,1-2H3,(H,16,17). The summed E-state index contributed by atoms with van der Waals surface area (Å²) in [7, 11) is 0. The minimum atomic E-state index is -0.546. The van der Waals surface area contributed by atoms with Crippen LogP contribution in [0.3, 0.4) is 0 Å². The zero-order valence-electron chi connectivity index (χ0n) is 9.64. The first-order valence-corrected chi connectivity index (χ1v) is 6.61. The van der Waals surface area contributed by atoms with Crippen molar-refractivity contribution >= 4 is 33.4 Å². The first-order valence-electron chi connectivity index (χ1n) is 5.28. The SMILES string of the molecule is CC(CCl)C(C)NC(=O)c1cccc(Br)c1F. The molecule has 0 saturated heterocycles. The smallest absolute Gasteiger partial charge is 0.254 e. The van der Waals surface area contributed by atoms with Crippen LogP contribution in [0.4, 0.5) is 4.39 Å². The van der Waals surface area contributed by atoms with Crippen LogP contribution < -0.4 is 5.32 Å². The van der Waals surface area contributed by atoms with Gasteiger partial charge in [-0.25, -0.2) is 4.39 Å². The van der Waals surface area contributed by atoms with Crippen molar-refractivity contribution in [1.82, 2.24) is 5.32 Å². The van der Waals surface area contributed by atoms with E-state index in [-0.39, 0.29) is 22.0 Å². The van der Waals surface area contributed by atoms with Crippen molar-refractivity contribution in [1.29, 1.82) is 0 Å². The molecule has 0 fully saturated rings. The molecule has 0 aliphatic heterocycles. The Labute approximate surface area is 114 Å². The van der Waals surface area contributed by atoms with Gasteiger partial charge in [0.05, 0.1) is 10.0 Å². The lowest BCUT2D eigenvalue weighted by Gasteiger charge is -2.19. The molecule has 0 spiro atoms. The number of benzene rings is 1. The van der Waals surface area contributed by atoms with Crippen LogP contribution in [-0.2, 0) is 0 Å². The molecular formula is C12H14BrClFNO. The molecule has 1 aromatic rings. The van der Waals surface area contributed by atoms with Crippen molar-refractivity contribution in [3.63, 3.8) is 0 Å². The predicted molar refractivity (Wildman–Crippen MR) is 70.9 cm³/mol. The summed E-state index contributed by atoms with van der Waals surface area (Å²) in [4.78, 5) is 11.8. The van der Waals surface area contributed by atoms with Gasteiger partial charge in [-0.15, -0.1) is 11.6 Å². The third kappa shape index (κ3) is 3.68. The summed E-state index contributed by atoms with van der Waals surface area (Å²) in [5, 5.41) is 2.73. The van der Waals surface area contributed by atoms with Crippen LogP contribution in [0.15, 0.2) is 22.7 Å². The topological polar surface area (TPSA) is 29.1 Å². The van der Waals surface area contributed by atoms with Crippen LogP contribution in [0, 0.1) is 11.7 Å². The van der Waals surface area contributed by atoms with Crippen LogP contribution in [-0.4, -0.2) is 17.8 Å². The fourth-order valence-electron chi connectivity index (χ4n) is 1.24. The third-order valence-corrected chi connectivity index (χ3v) is 3.75. The largest absolute Gasteiger partial charge is 0.349 e. The van der Waals surface area contributed by atoms with Crippen LogP contribution in [0.2, 0.25) is 0 Å². The van der Waals surface area contributed by atoms with Gasteiger partial charge < -0.3 is 5.32 Å². The average Bonchev–Trinajstić information content (AvgIpc) is 2.31. The molecule has 94 valence electrons. The van der Waals surface area contributed by atoms with Crippen LogP contribution >= 0.6 is 27.5 Å². The van der Waals surface area contributed by atoms with E-state index in [4.69, 9.17) is 11.6 Å². The van der Waals surface area contributed by atoms with E-state index in [0.29, 0.717) is 5.88 Å². The molecule has 1 N–H and O–H groups in total. The van der Waals surface area contributed by atoms with Crippen LogP contribution in [0.5, 0.6) is 0 Å². The van der Waals surface area contributed by atoms with E-state index in [1.807, 2.05) is 13.8 Å². The minimum absolute atomic E-state index is 0.0352. The molecule has 0 aliphatic rings. The highest BCUT2D eigenvalue weighted by Gasteiger charge is 2.18. The van der Waals surface area contributed by atoms with E-state index >= 15 is 0 Å². The average molecular weight is 323 g/mol. The van der Waals surface area contributed by atoms with Gasteiger partial charge in [-0.3, -0.25) is 4.79 Å². The molecule has 0 radical (unpaired) electrons. The number of rotatable bonds is 4. The fraction of sp³-hybridized carbons (Fsp3) is 0.417. The van der Waals surface area contributed by atoms with Crippen molar-refractivity contribution in [3.05, 3.63) is 34.1 Å². The number of carbonyl (C=O) groups excluding carboxylic acids is 1. The van der Waals surface area contributed by atoms with E-state index < -0.39 is 11.7 Å². The van der Waals surface area contributed by atoms with Gasteiger partial charge in [-0.05, 0) is 40.9 Å². The van der Waals surface area contributed by atoms with E-state index in [1.165, 1.54) is 6.07 Å². The van der Waals surface area contributed by atoms with Crippen molar-refractivity contribution in [2.24, 2.45) is 5.92 Å².